The Morgan fingerprint density at radius 1 is 1.21 bits per heavy atom. The molecular weight excluding hydrogens is 396 g/mol. The second-order valence-corrected chi connectivity index (χ2v) is 9.69. The summed E-state index contributed by atoms with van der Waals surface area (Å²) in [7, 11) is -3.67. The summed E-state index contributed by atoms with van der Waals surface area (Å²) in [6.07, 6.45) is 1.64. The van der Waals surface area contributed by atoms with E-state index in [1.807, 2.05) is 42.7 Å². The maximum Gasteiger partial charge on any atom is 0.302 e. The van der Waals surface area contributed by atoms with E-state index < -0.39 is 16.1 Å². The number of hydrogen-bond donors (Lipinski definition) is 1. The molecule has 1 aromatic carbocycles. The number of rotatable bonds is 7. The van der Waals surface area contributed by atoms with Crippen LogP contribution in [0.4, 0.5) is 0 Å². The number of sulfonamides is 1. The number of ether oxygens (including phenoxy) is 1. The van der Waals surface area contributed by atoms with Gasteiger partial charge in [-0.15, -0.1) is 11.3 Å². The molecule has 2 heterocycles. The highest BCUT2D eigenvalue weighted by Gasteiger charge is 2.26. The molecule has 7 nitrogen and oxygen atoms in total. The van der Waals surface area contributed by atoms with Crippen LogP contribution in [0.2, 0.25) is 0 Å². The van der Waals surface area contributed by atoms with Crippen molar-refractivity contribution in [3.63, 3.8) is 0 Å². The minimum absolute atomic E-state index is 0.246. The van der Waals surface area contributed by atoms with Crippen LogP contribution in [0, 0.1) is 20.8 Å². The van der Waals surface area contributed by atoms with Crippen molar-refractivity contribution in [1.29, 1.82) is 0 Å². The molecule has 0 fully saturated rings. The minimum atomic E-state index is -3.67. The number of nitrogens with zero attached hydrogens (tertiary/aromatic N) is 3. The highest BCUT2D eigenvalue weighted by Crippen LogP contribution is 2.28. The van der Waals surface area contributed by atoms with Crippen LogP contribution in [0.3, 0.4) is 0 Å². The Bertz CT molecular complexity index is 1070. The number of aryl methyl sites for hydroxylation is 3. The lowest BCUT2D eigenvalue weighted by molar-refractivity contribution is 0.408. The fourth-order valence-electron chi connectivity index (χ4n) is 2.94. The monoisotopic (exact) mass is 420 g/mol. The lowest BCUT2D eigenvalue weighted by Crippen LogP contribution is -2.28. The molecule has 0 aliphatic heterocycles. The topological polar surface area (TPSA) is 86.1 Å². The smallest absolute Gasteiger partial charge is 0.302 e. The fraction of sp³-hybridized carbons (Fsp3) is 0.368. The molecule has 28 heavy (non-hydrogen) atoms. The molecule has 1 atom stereocenters. The third-order valence-electron chi connectivity index (χ3n) is 4.28. The molecule has 0 radical (unpaired) electrons. The van der Waals surface area contributed by atoms with Crippen molar-refractivity contribution in [3.8, 4) is 11.8 Å². The van der Waals surface area contributed by atoms with Crippen molar-refractivity contribution >= 4 is 21.4 Å². The van der Waals surface area contributed by atoms with Gasteiger partial charge in [-0.05, 0) is 46.8 Å². The third kappa shape index (κ3) is 4.26. The molecule has 1 unspecified atom stereocenters. The Kier molecular flexibility index (Phi) is 5.87. The van der Waals surface area contributed by atoms with Gasteiger partial charge in [0.1, 0.15) is 5.75 Å². The first-order valence-electron chi connectivity index (χ1n) is 8.97. The van der Waals surface area contributed by atoms with E-state index in [-0.39, 0.29) is 4.21 Å². The molecule has 0 amide bonds. The molecular formula is C19H24N4O3S2. The average Bonchev–Trinajstić information content (AvgIpc) is 3.19. The summed E-state index contributed by atoms with van der Waals surface area (Å²) >= 11 is 1.17. The molecule has 2 aromatic heterocycles. The highest BCUT2D eigenvalue weighted by atomic mass is 32.2. The van der Waals surface area contributed by atoms with Crippen molar-refractivity contribution in [2.75, 3.05) is 0 Å². The molecule has 0 saturated heterocycles. The van der Waals surface area contributed by atoms with E-state index in [1.54, 1.807) is 27.0 Å². The number of benzene rings is 1. The maximum atomic E-state index is 12.8. The molecule has 3 aromatic rings. The zero-order valence-electron chi connectivity index (χ0n) is 16.6. The summed E-state index contributed by atoms with van der Waals surface area (Å²) < 4.78 is 36.3. The van der Waals surface area contributed by atoms with Crippen molar-refractivity contribution < 1.29 is 13.2 Å². The Morgan fingerprint density at radius 3 is 2.46 bits per heavy atom. The van der Waals surface area contributed by atoms with Gasteiger partial charge in [-0.25, -0.2) is 23.1 Å². The van der Waals surface area contributed by atoms with Gasteiger partial charge in [-0.3, -0.25) is 4.57 Å². The van der Waals surface area contributed by atoms with Gasteiger partial charge in [-0.1, -0.05) is 17.7 Å². The van der Waals surface area contributed by atoms with Crippen molar-refractivity contribution in [2.24, 2.45) is 0 Å². The van der Waals surface area contributed by atoms with Gasteiger partial charge in [0, 0.05) is 6.54 Å². The van der Waals surface area contributed by atoms with Crippen LogP contribution in [0.25, 0.3) is 0 Å². The summed E-state index contributed by atoms with van der Waals surface area (Å²) in [6.45, 7) is 9.86. The minimum Gasteiger partial charge on any atom is -0.426 e. The SMILES string of the molecule is CCn1c(C(C)NS(=O)(=O)c2sc(C)nc2C)cnc1Oc1ccc(C)cc1. The van der Waals surface area contributed by atoms with E-state index in [9.17, 15) is 8.42 Å². The van der Waals surface area contributed by atoms with Gasteiger partial charge in [0.15, 0.2) is 4.21 Å². The van der Waals surface area contributed by atoms with Crippen molar-refractivity contribution in [1.82, 2.24) is 19.3 Å². The van der Waals surface area contributed by atoms with Gasteiger partial charge < -0.3 is 4.74 Å². The Hall–Kier alpha value is -2.23. The Morgan fingerprint density at radius 2 is 1.89 bits per heavy atom. The number of aromatic nitrogens is 3. The molecule has 0 saturated carbocycles. The second-order valence-electron chi connectivity index (χ2n) is 6.57. The van der Waals surface area contributed by atoms with Crippen molar-refractivity contribution in [3.05, 3.63) is 52.4 Å². The molecule has 3 rings (SSSR count). The normalized spacial score (nSPS) is 12.9. The van der Waals surface area contributed by atoms with Crippen molar-refractivity contribution in [2.45, 2.75) is 51.4 Å². The third-order valence-corrected chi connectivity index (χ3v) is 7.50. The zero-order valence-corrected chi connectivity index (χ0v) is 18.2. The van der Waals surface area contributed by atoms with Gasteiger partial charge in [0.2, 0.25) is 0 Å². The van der Waals surface area contributed by atoms with E-state index in [0.717, 1.165) is 16.3 Å². The second kappa shape index (κ2) is 8.02. The summed E-state index contributed by atoms with van der Waals surface area (Å²) in [5, 5.41) is 0.720. The van der Waals surface area contributed by atoms with Crippen LogP contribution in [0.1, 0.15) is 41.8 Å². The molecule has 0 aliphatic carbocycles. The predicted molar refractivity (Wildman–Crippen MR) is 109 cm³/mol. The van der Waals surface area contributed by atoms with Gasteiger partial charge in [0.05, 0.1) is 28.6 Å². The van der Waals surface area contributed by atoms with Crippen LogP contribution in [0.15, 0.2) is 34.7 Å². The molecule has 0 aliphatic rings. The zero-order chi connectivity index (χ0) is 20.5. The molecule has 1 N–H and O–H groups in total. The first kappa shape index (κ1) is 20.5. The van der Waals surface area contributed by atoms with Crippen LogP contribution in [-0.2, 0) is 16.6 Å². The number of imidazole rings is 1. The largest absolute Gasteiger partial charge is 0.426 e. The molecule has 0 bridgehead atoms. The summed E-state index contributed by atoms with van der Waals surface area (Å²) in [5.41, 5.74) is 2.38. The quantitative estimate of drug-likeness (QED) is 0.621. The predicted octanol–water partition coefficient (Wildman–Crippen LogP) is 4.12. The first-order valence-corrected chi connectivity index (χ1v) is 11.3. The van der Waals surface area contributed by atoms with Crippen LogP contribution in [-0.4, -0.2) is 23.0 Å². The Labute approximate surface area is 169 Å². The Balaban J connectivity index is 1.84. The van der Waals surface area contributed by atoms with E-state index >= 15 is 0 Å². The van der Waals surface area contributed by atoms with Gasteiger partial charge in [-0.2, -0.15) is 0 Å². The van der Waals surface area contributed by atoms with E-state index in [2.05, 4.69) is 14.7 Å². The van der Waals surface area contributed by atoms with E-state index in [1.165, 1.54) is 11.3 Å². The molecule has 0 spiro atoms. The van der Waals surface area contributed by atoms with Crippen LogP contribution < -0.4 is 9.46 Å². The van der Waals surface area contributed by atoms with Gasteiger partial charge in [0.25, 0.3) is 10.0 Å². The molecule has 150 valence electrons. The average molecular weight is 421 g/mol. The lowest BCUT2D eigenvalue weighted by Gasteiger charge is -2.16. The highest BCUT2D eigenvalue weighted by molar-refractivity contribution is 7.91. The maximum absolute atomic E-state index is 12.8. The van der Waals surface area contributed by atoms with Crippen LogP contribution >= 0.6 is 11.3 Å². The molecule has 9 heteroatoms. The van der Waals surface area contributed by atoms with Crippen LogP contribution in [0.5, 0.6) is 11.8 Å². The van der Waals surface area contributed by atoms with E-state index in [0.29, 0.717) is 24.0 Å². The number of nitrogens with one attached hydrogen (secondary N) is 1. The summed E-state index contributed by atoms with van der Waals surface area (Å²) in [4.78, 5) is 8.56. The van der Waals surface area contributed by atoms with Gasteiger partial charge >= 0.3 is 6.01 Å². The summed E-state index contributed by atoms with van der Waals surface area (Å²) in [5.74, 6) is 0.682. The number of thiazole rings is 1. The van der Waals surface area contributed by atoms with E-state index in [4.69, 9.17) is 4.74 Å². The fourth-order valence-corrected chi connectivity index (χ4v) is 5.65. The summed E-state index contributed by atoms with van der Waals surface area (Å²) in [6, 6.07) is 7.64. The number of hydrogen-bond acceptors (Lipinski definition) is 6. The lowest BCUT2D eigenvalue weighted by atomic mass is 10.2. The first-order chi connectivity index (χ1) is 13.2. The standard InChI is InChI=1S/C19H24N4O3S2/c1-6-23-17(11-20-19(23)26-16-9-7-12(2)8-10-16)13(3)22-28(24,25)18-14(4)21-15(5)27-18/h7-11,13,22H,6H2,1-5H3.